The molecule has 1 aliphatic heterocycles. The zero-order valence-electron chi connectivity index (χ0n) is 13.1. The highest BCUT2D eigenvalue weighted by atomic mass is 16.5. The predicted octanol–water partition coefficient (Wildman–Crippen LogP) is 2.01. The average Bonchev–Trinajstić information content (AvgIpc) is 2.51. The number of hydrogen-bond donors (Lipinski definition) is 1. The minimum atomic E-state index is -0.954. The Balaban J connectivity index is 2.23. The number of carbonyl (C=O) groups excluding carboxylic acids is 1. The van der Waals surface area contributed by atoms with Crippen LogP contribution >= 0.6 is 0 Å². The number of rotatable bonds is 5. The zero-order chi connectivity index (χ0) is 16.3. The lowest BCUT2D eigenvalue weighted by molar-refractivity contribution is -0.141. The van der Waals surface area contributed by atoms with Crippen LogP contribution in [0.2, 0.25) is 0 Å². The summed E-state index contributed by atoms with van der Waals surface area (Å²) in [6, 6.07) is 3.74. The number of hydrogen-bond acceptors (Lipinski definition) is 4. The van der Waals surface area contributed by atoms with Gasteiger partial charge in [-0.05, 0) is 36.6 Å². The average molecular weight is 307 g/mol. The standard InChI is InChI=1S/C16H21NO5/c1-10-12-9-14(22-3)13(21-2)8-11(12)6-7-17(10)15(18)4-5-16(19)20/h8-10H,4-7H2,1-3H3,(H,19,20)/t10-/m0/s1. The van der Waals surface area contributed by atoms with Gasteiger partial charge >= 0.3 is 5.97 Å². The summed E-state index contributed by atoms with van der Waals surface area (Å²) in [5, 5.41) is 8.71. The second-order valence-corrected chi connectivity index (χ2v) is 5.31. The smallest absolute Gasteiger partial charge is 0.303 e. The maximum Gasteiger partial charge on any atom is 0.303 e. The van der Waals surface area contributed by atoms with Gasteiger partial charge in [0, 0.05) is 13.0 Å². The Kier molecular flexibility index (Phi) is 4.90. The van der Waals surface area contributed by atoms with E-state index in [2.05, 4.69) is 0 Å². The van der Waals surface area contributed by atoms with E-state index in [4.69, 9.17) is 14.6 Å². The summed E-state index contributed by atoms with van der Waals surface area (Å²) in [4.78, 5) is 24.6. The van der Waals surface area contributed by atoms with Crippen molar-refractivity contribution in [1.29, 1.82) is 0 Å². The van der Waals surface area contributed by atoms with E-state index < -0.39 is 5.97 Å². The third kappa shape index (κ3) is 3.16. The third-order valence-corrected chi connectivity index (χ3v) is 4.06. The van der Waals surface area contributed by atoms with Crippen LogP contribution in [0.3, 0.4) is 0 Å². The Labute approximate surface area is 129 Å². The Hall–Kier alpha value is -2.24. The van der Waals surface area contributed by atoms with Crippen molar-refractivity contribution in [3.8, 4) is 11.5 Å². The quantitative estimate of drug-likeness (QED) is 0.900. The van der Waals surface area contributed by atoms with E-state index in [0.717, 1.165) is 17.5 Å². The molecule has 1 aliphatic rings. The molecule has 1 aromatic rings. The Morgan fingerprint density at radius 3 is 2.45 bits per heavy atom. The second kappa shape index (κ2) is 6.68. The van der Waals surface area contributed by atoms with Gasteiger partial charge in [0.2, 0.25) is 5.91 Å². The molecule has 0 spiro atoms. The zero-order valence-corrected chi connectivity index (χ0v) is 13.1. The summed E-state index contributed by atoms with van der Waals surface area (Å²) in [5.74, 6) is 0.229. The van der Waals surface area contributed by atoms with Crippen LogP contribution in [0, 0.1) is 0 Å². The van der Waals surface area contributed by atoms with Gasteiger partial charge in [0.15, 0.2) is 11.5 Å². The summed E-state index contributed by atoms with van der Waals surface area (Å²) in [6.45, 7) is 2.53. The highest BCUT2D eigenvalue weighted by Gasteiger charge is 2.29. The minimum absolute atomic E-state index is 0.0301. The molecule has 0 saturated carbocycles. The van der Waals surface area contributed by atoms with Crippen LogP contribution in [-0.2, 0) is 16.0 Å². The molecule has 1 amide bonds. The molecule has 2 rings (SSSR count). The molecule has 0 radical (unpaired) electrons. The van der Waals surface area contributed by atoms with E-state index in [1.165, 1.54) is 0 Å². The van der Waals surface area contributed by atoms with Crippen molar-refractivity contribution < 1.29 is 24.2 Å². The van der Waals surface area contributed by atoms with Crippen LogP contribution in [0.25, 0.3) is 0 Å². The number of carboxylic acid groups (broad SMARTS) is 1. The van der Waals surface area contributed by atoms with Gasteiger partial charge < -0.3 is 19.5 Å². The number of ether oxygens (including phenoxy) is 2. The SMILES string of the molecule is COc1cc2c(cc1OC)[C@H](C)N(C(=O)CCC(=O)O)CC2. The molecule has 1 aromatic carbocycles. The van der Waals surface area contributed by atoms with Crippen molar-refractivity contribution in [2.45, 2.75) is 32.2 Å². The second-order valence-electron chi connectivity index (χ2n) is 5.31. The molecule has 120 valence electrons. The van der Waals surface area contributed by atoms with Crippen LogP contribution < -0.4 is 9.47 Å². The van der Waals surface area contributed by atoms with E-state index in [1.54, 1.807) is 19.1 Å². The normalized spacial score (nSPS) is 16.9. The first-order valence-electron chi connectivity index (χ1n) is 7.24. The van der Waals surface area contributed by atoms with Gasteiger partial charge in [-0.15, -0.1) is 0 Å². The number of aliphatic carboxylic acids is 1. The van der Waals surface area contributed by atoms with Gasteiger partial charge in [0.25, 0.3) is 0 Å². The first-order valence-corrected chi connectivity index (χ1v) is 7.24. The first-order chi connectivity index (χ1) is 10.5. The molecule has 1 heterocycles. The van der Waals surface area contributed by atoms with E-state index in [1.807, 2.05) is 19.1 Å². The van der Waals surface area contributed by atoms with Gasteiger partial charge in [-0.3, -0.25) is 9.59 Å². The van der Waals surface area contributed by atoms with Crippen LogP contribution in [0.5, 0.6) is 11.5 Å². The maximum absolute atomic E-state index is 12.2. The largest absolute Gasteiger partial charge is 0.493 e. The monoisotopic (exact) mass is 307 g/mol. The number of fused-ring (bicyclic) bond motifs is 1. The number of carboxylic acids is 1. The molecule has 1 atom stereocenters. The molecular weight excluding hydrogens is 286 g/mol. The lowest BCUT2D eigenvalue weighted by Gasteiger charge is -2.35. The molecule has 6 heteroatoms. The van der Waals surface area contributed by atoms with Gasteiger partial charge in [-0.1, -0.05) is 0 Å². The van der Waals surface area contributed by atoms with E-state index >= 15 is 0 Å². The fourth-order valence-corrected chi connectivity index (χ4v) is 2.84. The van der Waals surface area contributed by atoms with Crippen molar-refractivity contribution in [3.63, 3.8) is 0 Å². The maximum atomic E-state index is 12.2. The molecular formula is C16H21NO5. The van der Waals surface area contributed by atoms with Gasteiger partial charge in [0.05, 0.1) is 26.7 Å². The fraction of sp³-hybridized carbons (Fsp3) is 0.500. The lowest BCUT2D eigenvalue weighted by Crippen LogP contribution is -2.39. The third-order valence-electron chi connectivity index (χ3n) is 4.06. The summed E-state index contributed by atoms with van der Waals surface area (Å²) in [7, 11) is 3.17. The van der Waals surface area contributed by atoms with Crippen LogP contribution in [-0.4, -0.2) is 42.6 Å². The summed E-state index contributed by atoms with van der Waals surface area (Å²) in [5.41, 5.74) is 2.15. The Morgan fingerprint density at radius 2 is 1.86 bits per heavy atom. The van der Waals surface area contributed by atoms with Crippen LogP contribution in [0.4, 0.5) is 0 Å². The van der Waals surface area contributed by atoms with Crippen LogP contribution in [0.1, 0.15) is 36.9 Å². The van der Waals surface area contributed by atoms with E-state index in [0.29, 0.717) is 18.0 Å². The number of nitrogens with zero attached hydrogens (tertiary/aromatic N) is 1. The molecule has 1 N–H and O–H groups in total. The fourth-order valence-electron chi connectivity index (χ4n) is 2.84. The van der Waals surface area contributed by atoms with Crippen molar-refractivity contribution in [2.75, 3.05) is 20.8 Å². The van der Waals surface area contributed by atoms with Crippen LogP contribution in [0.15, 0.2) is 12.1 Å². The number of benzene rings is 1. The van der Waals surface area contributed by atoms with E-state index in [9.17, 15) is 9.59 Å². The highest BCUT2D eigenvalue weighted by Crippen LogP contribution is 2.38. The predicted molar refractivity (Wildman–Crippen MR) is 80.2 cm³/mol. The Morgan fingerprint density at radius 1 is 1.23 bits per heavy atom. The van der Waals surface area contributed by atoms with E-state index in [-0.39, 0.29) is 24.8 Å². The molecule has 22 heavy (non-hydrogen) atoms. The summed E-state index contributed by atoms with van der Waals surface area (Å²) < 4.78 is 10.6. The molecule has 0 aliphatic carbocycles. The van der Waals surface area contributed by atoms with Crippen molar-refractivity contribution >= 4 is 11.9 Å². The minimum Gasteiger partial charge on any atom is -0.493 e. The molecule has 0 unspecified atom stereocenters. The Bertz CT molecular complexity index is 584. The van der Waals surface area contributed by atoms with Crippen molar-refractivity contribution in [1.82, 2.24) is 4.90 Å². The number of carbonyl (C=O) groups is 2. The molecule has 0 fully saturated rings. The molecule has 0 aromatic heterocycles. The number of amides is 1. The summed E-state index contributed by atoms with van der Waals surface area (Å²) in [6.07, 6.45) is 0.613. The first kappa shape index (κ1) is 16.1. The summed E-state index contributed by atoms with van der Waals surface area (Å²) >= 11 is 0. The van der Waals surface area contributed by atoms with Gasteiger partial charge in [0.1, 0.15) is 0 Å². The lowest BCUT2D eigenvalue weighted by atomic mass is 9.92. The molecule has 0 bridgehead atoms. The number of methoxy groups -OCH3 is 2. The molecule has 0 saturated heterocycles. The molecule has 6 nitrogen and oxygen atoms in total. The topological polar surface area (TPSA) is 76.1 Å². The highest BCUT2D eigenvalue weighted by molar-refractivity contribution is 5.81. The van der Waals surface area contributed by atoms with Crippen molar-refractivity contribution in [2.24, 2.45) is 0 Å². The van der Waals surface area contributed by atoms with Gasteiger partial charge in [-0.25, -0.2) is 0 Å². The van der Waals surface area contributed by atoms with Gasteiger partial charge in [-0.2, -0.15) is 0 Å². The van der Waals surface area contributed by atoms with Crippen molar-refractivity contribution in [3.05, 3.63) is 23.3 Å².